The summed E-state index contributed by atoms with van der Waals surface area (Å²) in [7, 11) is -0.382. The number of nitrogens with one attached hydrogen (secondary N) is 2. The molecule has 0 amide bonds. The van der Waals surface area contributed by atoms with Crippen LogP contribution in [0.5, 0.6) is 0 Å². The Hall–Kier alpha value is -0.635. The van der Waals surface area contributed by atoms with Crippen molar-refractivity contribution in [3.05, 3.63) is 0 Å². The van der Waals surface area contributed by atoms with Crippen LogP contribution >= 0.6 is 0 Å². The maximum atomic E-state index is 10.2. The fraction of sp³-hybridized carbons (Fsp3) is 0.889. The molecule has 0 aliphatic carbocycles. The molecule has 0 aromatic carbocycles. The van der Waals surface area contributed by atoms with Crippen LogP contribution < -0.4 is 10.5 Å². The van der Waals surface area contributed by atoms with Gasteiger partial charge in [-0.2, -0.15) is 0 Å². The van der Waals surface area contributed by atoms with Crippen molar-refractivity contribution in [1.82, 2.24) is 10.5 Å². The van der Waals surface area contributed by atoms with Crippen LogP contribution in [0.25, 0.3) is 0 Å². The molecule has 14 heavy (non-hydrogen) atoms. The van der Waals surface area contributed by atoms with E-state index in [-0.39, 0.29) is 18.2 Å². The molecule has 0 bridgehead atoms. The van der Waals surface area contributed by atoms with Crippen molar-refractivity contribution in [2.45, 2.75) is 52.6 Å². The third-order valence-electron chi connectivity index (χ3n) is 1.32. The van der Waals surface area contributed by atoms with Gasteiger partial charge in [0.25, 0.3) is 0 Å². The number of hydrogen-bond donors (Lipinski definition) is 2. The van der Waals surface area contributed by atoms with Gasteiger partial charge >= 0.3 is 7.12 Å². The highest BCUT2D eigenvalue weighted by molar-refractivity contribution is 6.52. The minimum Gasteiger partial charge on any atom is -0.316 e. The quantitative estimate of drug-likeness (QED) is 0.404. The lowest BCUT2D eigenvalue weighted by Gasteiger charge is -2.28. The van der Waals surface area contributed by atoms with E-state index in [1.54, 1.807) is 6.08 Å². The molecule has 0 rings (SSSR count). The predicted molar refractivity (Wildman–Crippen MR) is 59.7 cm³/mol. The Morgan fingerprint density at radius 1 is 1.00 bits per heavy atom. The first kappa shape index (κ1) is 13.4. The zero-order valence-corrected chi connectivity index (χ0v) is 9.93. The lowest BCUT2D eigenvalue weighted by Crippen LogP contribution is -2.59. The molecule has 0 radical (unpaired) electrons. The largest absolute Gasteiger partial charge is 0.463 e. The first-order chi connectivity index (χ1) is 6.14. The molecule has 5 heteroatoms. The van der Waals surface area contributed by atoms with Crippen molar-refractivity contribution >= 4 is 13.2 Å². The van der Waals surface area contributed by atoms with Crippen molar-refractivity contribution in [2.75, 3.05) is 0 Å². The number of carbonyl (C=O) groups excluding carboxylic acids is 1. The molecule has 4 nitrogen and oxygen atoms in total. The first-order valence-corrected chi connectivity index (χ1v) is 4.76. The monoisotopic (exact) mass is 197 g/mol. The summed E-state index contributed by atoms with van der Waals surface area (Å²) in [6.07, 6.45) is 1.56. The molecule has 0 aromatic heterocycles. The van der Waals surface area contributed by atoms with Gasteiger partial charge in [-0.25, -0.2) is 9.70 Å². The van der Waals surface area contributed by atoms with Gasteiger partial charge < -0.3 is 10.5 Å². The summed E-state index contributed by atoms with van der Waals surface area (Å²) in [4.78, 5) is 13.9. The van der Waals surface area contributed by atoms with Crippen molar-refractivity contribution < 1.29 is 4.79 Å². The topological polar surface area (TPSA) is 53.5 Å². The van der Waals surface area contributed by atoms with Crippen LogP contribution in [0.4, 0.5) is 0 Å². The van der Waals surface area contributed by atoms with Crippen LogP contribution in [0.3, 0.4) is 0 Å². The van der Waals surface area contributed by atoms with Crippen molar-refractivity contribution in [3.8, 4) is 0 Å². The zero-order valence-electron chi connectivity index (χ0n) is 9.93. The van der Waals surface area contributed by atoms with Gasteiger partial charge in [-0.3, -0.25) is 0 Å². The van der Waals surface area contributed by atoms with E-state index in [0.29, 0.717) is 0 Å². The molecule has 0 unspecified atom stereocenters. The average molecular weight is 197 g/mol. The molecular formula is C9H20BN3O. The highest BCUT2D eigenvalue weighted by Gasteiger charge is 2.26. The summed E-state index contributed by atoms with van der Waals surface area (Å²) in [6.45, 7) is 12.1. The number of isocyanates is 1. The Balaban J connectivity index is 4.39. The van der Waals surface area contributed by atoms with Crippen molar-refractivity contribution in [2.24, 2.45) is 4.90 Å². The lowest BCUT2D eigenvalue weighted by molar-refractivity contribution is 0.474. The fourth-order valence-electron chi connectivity index (χ4n) is 0.974. The molecule has 0 aliphatic rings. The summed E-state index contributed by atoms with van der Waals surface area (Å²) < 4.78 is 0. The van der Waals surface area contributed by atoms with Crippen LogP contribution in [0, 0.1) is 0 Å². The third kappa shape index (κ3) is 7.99. The van der Waals surface area contributed by atoms with Gasteiger partial charge in [0.2, 0.25) is 6.08 Å². The van der Waals surface area contributed by atoms with Gasteiger partial charge in [0.15, 0.2) is 0 Å². The van der Waals surface area contributed by atoms with E-state index in [9.17, 15) is 4.79 Å². The van der Waals surface area contributed by atoms with Crippen LogP contribution in [0.1, 0.15) is 41.5 Å². The molecule has 0 aliphatic heterocycles. The van der Waals surface area contributed by atoms with E-state index in [2.05, 4.69) is 15.4 Å². The van der Waals surface area contributed by atoms with Gasteiger partial charge in [-0.05, 0) is 41.5 Å². The lowest BCUT2D eigenvalue weighted by atomic mass is 9.85. The minimum atomic E-state index is -0.382. The Morgan fingerprint density at radius 2 is 1.36 bits per heavy atom. The summed E-state index contributed by atoms with van der Waals surface area (Å²) in [6, 6.07) is 0. The first-order valence-electron chi connectivity index (χ1n) is 4.76. The Labute approximate surface area is 86.7 Å². The summed E-state index contributed by atoms with van der Waals surface area (Å²) in [5, 5.41) is 6.35. The van der Waals surface area contributed by atoms with Gasteiger partial charge in [0.1, 0.15) is 0 Å². The van der Waals surface area contributed by atoms with E-state index in [4.69, 9.17) is 0 Å². The maximum Gasteiger partial charge on any atom is 0.463 e. The molecule has 80 valence electrons. The van der Waals surface area contributed by atoms with Gasteiger partial charge in [-0.1, -0.05) is 0 Å². The maximum absolute atomic E-state index is 10.2. The summed E-state index contributed by atoms with van der Waals surface area (Å²) in [5.41, 5.74) is -0.188. The molecular weight excluding hydrogens is 177 g/mol. The minimum absolute atomic E-state index is 0.0940. The molecule has 0 aromatic rings. The van der Waals surface area contributed by atoms with Crippen molar-refractivity contribution in [1.29, 1.82) is 0 Å². The molecule has 0 spiro atoms. The van der Waals surface area contributed by atoms with E-state index < -0.39 is 0 Å². The SMILES string of the molecule is CC(C)(C)NB(N=C=O)NC(C)(C)C. The standard InChI is InChI=1S/C9H20BN3O/c1-8(2,3)12-10(11-7-14)13-9(4,5)6/h12-13H,1-6H3. The van der Waals surface area contributed by atoms with Crippen LogP contribution in [0.2, 0.25) is 0 Å². The van der Waals surface area contributed by atoms with E-state index >= 15 is 0 Å². The molecule has 0 saturated carbocycles. The zero-order chi connectivity index (χ0) is 11.4. The van der Waals surface area contributed by atoms with Crippen LogP contribution in [-0.2, 0) is 4.79 Å². The van der Waals surface area contributed by atoms with Crippen molar-refractivity contribution in [3.63, 3.8) is 0 Å². The Bertz CT molecular complexity index is 207. The van der Waals surface area contributed by atoms with E-state index in [0.717, 1.165) is 0 Å². The Morgan fingerprint density at radius 3 is 1.57 bits per heavy atom. The smallest absolute Gasteiger partial charge is 0.316 e. The molecule has 0 atom stereocenters. The molecule has 0 heterocycles. The number of hydrogen-bond acceptors (Lipinski definition) is 4. The second kappa shape index (κ2) is 4.74. The van der Waals surface area contributed by atoms with E-state index in [1.807, 2.05) is 41.5 Å². The Kier molecular flexibility index (Phi) is 4.52. The summed E-state index contributed by atoms with van der Waals surface area (Å²) in [5.74, 6) is 0. The third-order valence-corrected chi connectivity index (χ3v) is 1.32. The number of rotatable bonds is 3. The van der Waals surface area contributed by atoms with E-state index in [1.165, 1.54) is 0 Å². The van der Waals surface area contributed by atoms with Crippen LogP contribution in [0.15, 0.2) is 4.90 Å². The predicted octanol–water partition coefficient (Wildman–Crippen LogP) is 1.08. The molecule has 2 N–H and O–H groups in total. The van der Waals surface area contributed by atoms with Gasteiger partial charge in [-0.15, -0.1) is 0 Å². The second-order valence-corrected chi connectivity index (χ2v) is 5.41. The highest BCUT2D eigenvalue weighted by Crippen LogP contribution is 2.03. The van der Waals surface area contributed by atoms with Gasteiger partial charge in [0.05, 0.1) is 0 Å². The second-order valence-electron chi connectivity index (χ2n) is 5.41. The highest BCUT2D eigenvalue weighted by atomic mass is 16.1. The molecule has 0 fully saturated rings. The normalized spacial score (nSPS) is 12.1. The van der Waals surface area contributed by atoms with Gasteiger partial charge in [0, 0.05) is 11.1 Å². The van der Waals surface area contributed by atoms with Crippen LogP contribution in [-0.4, -0.2) is 24.3 Å². The summed E-state index contributed by atoms with van der Waals surface area (Å²) >= 11 is 0. The fourth-order valence-corrected chi connectivity index (χ4v) is 0.974. The number of nitrogens with zero attached hydrogens (tertiary/aromatic N) is 1. The molecule has 0 saturated heterocycles. The average Bonchev–Trinajstić information content (AvgIpc) is 1.78.